The van der Waals surface area contributed by atoms with Gasteiger partial charge in [0.15, 0.2) is 0 Å². The van der Waals surface area contributed by atoms with Gasteiger partial charge < -0.3 is 20.3 Å². The van der Waals surface area contributed by atoms with Crippen molar-refractivity contribution in [1.29, 1.82) is 0 Å². The molecule has 0 radical (unpaired) electrons. The Morgan fingerprint density at radius 2 is 2.11 bits per heavy atom. The molecule has 156 valence electrons. The molecule has 0 unspecified atom stereocenters. The quantitative estimate of drug-likeness (QED) is 0.545. The summed E-state index contributed by atoms with van der Waals surface area (Å²) in [6.07, 6.45) is 5.76. The molecule has 1 amide bonds. The van der Waals surface area contributed by atoms with Crippen molar-refractivity contribution in [2.75, 3.05) is 6.61 Å². The Bertz CT molecular complexity index is 698. The number of aliphatic carboxylic acids is 1. The summed E-state index contributed by atoms with van der Waals surface area (Å²) in [7, 11) is 0. The van der Waals surface area contributed by atoms with Crippen LogP contribution in [0.3, 0.4) is 0 Å². The topological polar surface area (TPSA) is 127 Å². The molecule has 2 rings (SSSR count). The molecule has 0 spiro atoms. The van der Waals surface area contributed by atoms with Crippen molar-refractivity contribution in [3.05, 3.63) is 23.5 Å². The van der Waals surface area contributed by atoms with Crippen LogP contribution in [-0.4, -0.2) is 61.9 Å². The first-order valence-electron chi connectivity index (χ1n) is 9.77. The zero-order chi connectivity index (χ0) is 20.7. The number of rotatable bonds is 10. The van der Waals surface area contributed by atoms with Gasteiger partial charge in [-0.2, -0.15) is 0 Å². The normalized spacial score (nSPS) is 22.2. The Morgan fingerprint density at radius 3 is 2.68 bits per heavy atom. The zero-order valence-corrected chi connectivity index (χ0v) is 16.7. The van der Waals surface area contributed by atoms with Crippen molar-refractivity contribution in [1.82, 2.24) is 20.3 Å². The first-order chi connectivity index (χ1) is 13.4. The van der Waals surface area contributed by atoms with Crippen LogP contribution in [0.2, 0.25) is 0 Å². The second-order valence-electron chi connectivity index (χ2n) is 7.05. The lowest BCUT2D eigenvalue weighted by atomic mass is 9.87. The maximum absolute atomic E-state index is 11.8. The number of carboxylic acid groups (broad SMARTS) is 1. The Hall–Kier alpha value is -2.26. The number of aromatic nitrogens is 3. The SMILES string of the molecule is CCC(CC)O[C@@H]1CC(C(=O)O)=C[C@@H](n2cc(CCCO)nn2)[C@H]1NC(C)=O. The summed E-state index contributed by atoms with van der Waals surface area (Å²) in [4.78, 5) is 23.5. The van der Waals surface area contributed by atoms with E-state index in [1.54, 1.807) is 17.0 Å². The Balaban J connectivity index is 2.38. The molecule has 0 fully saturated rings. The number of carbonyl (C=O) groups is 2. The maximum atomic E-state index is 11.8. The van der Waals surface area contributed by atoms with Gasteiger partial charge in [0.25, 0.3) is 0 Å². The van der Waals surface area contributed by atoms with Crippen molar-refractivity contribution in [3.63, 3.8) is 0 Å². The minimum absolute atomic E-state index is 0.0223. The van der Waals surface area contributed by atoms with E-state index in [1.807, 2.05) is 13.8 Å². The fourth-order valence-electron chi connectivity index (χ4n) is 3.45. The van der Waals surface area contributed by atoms with E-state index in [0.29, 0.717) is 18.5 Å². The monoisotopic (exact) mass is 394 g/mol. The van der Waals surface area contributed by atoms with E-state index < -0.39 is 24.2 Å². The predicted molar refractivity (Wildman–Crippen MR) is 102 cm³/mol. The lowest BCUT2D eigenvalue weighted by Crippen LogP contribution is -2.52. The molecule has 1 aliphatic carbocycles. The lowest BCUT2D eigenvalue weighted by Gasteiger charge is -2.38. The summed E-state index contributed by atoms with van der Waals surface area (Å²) >= 11 is 0. The molecule has 3 N–H and O–H groups in total. The molecular formula is C19H30N4O5. The standard InChI is InChI=1S/C19H30N4O5/c1-4-15(5-2)28-17-10-13(19(26)27)9-16(18(17)20-12(3)25)23-11-14(21-22-23)7-6-8-24/h9,11,15-18,24H,4-8,10H2,1-3H3,(H,20,25)(H,26,27)/t16-,17-,18-/m1/s1. The summed E-state index contributed by atoms with van der Waals surface area (Å²) in [5, 5.41) is 29.7. The largest absolute Gasteiger partial charge is 0.478 e. The Kier molecular flexibility index (Phi) is 8.13. The average molecular weight is 394 g/mol. The minimum Gasteiger partial charge on any atom is -0.478 e. The number of hydrogen-bond donors (Lipinski definition) is 3. The van der Waals surface area contributed by atoms with Crippen LogP contribution in [0.25, 0.3) is 0 Å². The fourth-order valence-corrected chi connectivity index (χ4v) is 3.45. The number of amides is 1. The smallest absolute Gasteiger partial charge is 0.331 e. The summed E-state index contributed by atoms with van der Waals surface area (Å²) in [5.74, 6) is -1.23. The van der Waals surface area contributed by atoms with E-state index in [4.69, 9.17) is 9.84 Å². The van der Waals surface area contributed by atoms with Crippen LogP contribution in [-0.2, 0) is 20.7 Å². The number of nitrogens with zero attached hydrogens (tertiary/aromatic N) is 3. The molecular weight excluding hydrogens is 364 g/mol. The molecule has 0 aliphatic heterocycles. The molecule has 28 heavy (non-hydrogen) atoms. The number of nitrogens with one attached hydrogen (secondary N) is 1. The van der Waals surface area contributed by atoms with E-state index in [2.05, 4.69) is 15.6 Å². The molecule has 9 heteroatoms. The van der Waals surface area contributed by atoms with Crippen molar-refractivity contribution in [2.45, 2.75) is 77.2 Å². The summed E-state index contributed by atoms with van der Waals surface area (Å²) in [6.45, 7) is 5.51. The third-order valence-corrected chi connectivity index (χ3v) is 4.94. The first-order valence-corrected chi connectivity index (χ1v) is 9.77. The number of aliphatic hydroxyl groups excluding tert-OH is 1. The number of ether oxygens (including phenoxy) is 1. The molecule has 9 nitrogen and oxygen atoms in total. The van der Waals surface area contributed by atoms with Gasteiger partial charge in [0, 0.05) is 31.7 Å². The van der Waals surface area contributed by atoms with Gasteiger partial charge in [0.05, 0.1) is 30.0 Å². The van der Waals surface area contributed by atoms with Crippen molar-refractivity contribution in [2.24, 2.45) is 0 Å². The number of hydrogen-bond acceptors (Lipinski definition) is 6. The Morgan fingerprint density at radius 1 is 1.39 bits per heavy atom. The molecule has 0 bridgehead atoms. The van der Waals surface area contributed by atoms with Crippen molar-refractivity contribution < 1.29 is 24.5 Å². The van der Waals surface area contributed by atoms with Crippen LogP contribution < -0.4 is 5.32 Å². The third-order valence-electron chi connectivity index (χ3n) is 4.94. The van der Waals surface area contributed by atoms with Gasteiger partial charge in [-0.1, -0.05) is 19.1 Å². The predicted octanol–water partition coefficient (Wildman–Crippen LogP) is 1.24. The highest BCUT2D eigenvalue weighted by atomic mass is 16.5. The second-order valence-corrected chi connectivity index (χ2v) is 7.05. The molecule has 0 saturated carbocycles. The highest BCUT2D eigenvalue weighted by Crippen LogP contribution is 2.31. The molecule has 1 aromatic rings. The molecule has 0 aromatic carbocycles. The van der Waals surface area contributed by atoms with E-state index in [-0.39, 0.29) is 30.6 Å². The minimum atomic E-state index is -1.01. The number of carbonyl (C=O) groups excluding carboxylic acids is 1. The van der Waals surface area contributed by atoms with E-state index >= 15 is 0 Å². The highest BCUT2D eigenvalue weighted by Gasteiger charge is 2.39. The van der Waals surface area contributed by atoms with Gasteiger partial charge in [-0.15, -0.1) is 5.10 Å². The average Bonchev–Trinajstić information content (AvgIpc) is 3.13. The summed E-state index contributed by atoms with van der Waals surface area (Å²) in [5.41, 5.74) is 0.930. The molecule has 1 aliphatic rings. The molecule has 1 heterocycles. The molecule has 1 aromatic heterocycles. The van der Waals surface area contributed by atoms with Gasteiger partial charge >= 0.3 is 5.97 Å². The zero-order valence-electron chi connectivity index (χ0n) is 16.7. The first kappa shape index (κ1) is 22.0. The van der Waals surface area contributed by atoms with Crippen LogP contribution in [0.1, 0.15) is 58.2 Å². The van der Waals surface area contributed by atoms with Crippen LogP contribution in [0.15, 0.2) is 17.8 Å². The van der Waals surface area contributed by atoms with Gasteiger partial charge in [-0.25, -0.2) is 9.48 Å². The van der Waals surface area contributed by atoms with Gasteiger partial charge in [0.2, 0.25) is 5.91 Å². The van der Waals surface area contributed by atoms with Gasteiger partial charge in [-0.3, -0.25) is 4.79 Å². The Labute approximate surface area is 164 Å². The fraction of sp³-hybridized carbons (Fsp3) is 0.684. The maximum Gasteiger partial charge on any atom is 0.331 e. The number of aryl methyl sites for hydroxylation is 1. The third kappa shape index (κ3) is 5.62. The summed E-state index contributed by atoms with van der Waals surface area (Å²) < 4.78 is 7.76. The van der Waals surface area contributed by atoms with E-state index in [1.165, 1.54) is 6.92 Å². The van der Waals surface area contributed by atoms with Crippen molar-refractivity contribution >= 4 is 11.9 Å². The summed E-state index contributed by atoms with van der Waals surface area (Å²) in [6, 6.07) is -0.993. The van der Waals surface area contributed by atoms with Crippen LogP contribution in [0, 0.1) is 0 Å². The van der Waals surface area contributed by atoms with Crippen LogP contribution in [0.4, 0.5) is 0 Å². The highest BCUT2D eigenvalue weighted by molar-refractivity contribution is 5.87. The van der Waals surface area contributed by atoms with Crippen molar-refractivity contribution in [3.8, 4) is 0 Å². The van der Waals surface area contributed by atoms with Crippen LogP contribution >= 0.6 is 0 Å². The number of aliphatic hydroxyl groups is 1. The van der Waals surface area contributed by atoms with Gasteiger partial charge in [0.1, 0.15) is 0 Å². The number of carboxylic acids is 1. The van der Waals surface area contributed by atoms with E-state index in [9.17, 15) is 14.7 Å². The molecule has 0 saturated heterocycles. The van der Waals surface area contributed by atoms with E-state index in [0.717, 1.165) is 12.8 Å². The van der Waals surface area contributed by atoms with Gasteiger partial charge in [-0.05, 0) is 31.8 Å². The second kappa shape index (κ2) is 10.3. The molecule has 3 atom stereocenters. The van der Waals surface area contributed by atoms with Crippen LogP contribution in [0.5, 0.6) is 0 Å². The lowest BCUT2D eigenvalue weighted by molar-refractivity contribution is -0.134.